The molecule has 1 aliphatic rings. The quantitative estimate of drug-likeness (QED) is 0.887. The Morgan fingerprint density at radius 1 is 1.45 bits per heavy atom. The SMILES string of the molecule is Cc1ccc(NC(=O)N2CCCC2CC(=O)O)c(C)n1. The Balaban J connectivity index is 2.05. The molecule has 20 heavy (non-hydrogen) atoms. The molecular formula is C14H19N3O3. The number of hydrogen-bond donors (Lipinski definition) is 2. The average molecular weight is 277 g/mol. The van der Waals surface area contributed by atoms with Crippen LogP contribution < -0.4 is 5.32 Å². The lowest BCUT2D eigenvalue weighted by Gasteiger charge is -2.24. The molecule has 108 valence electrons. The number of carbonyl (C=O) groups is 2. The molecule has 0 spiro atoms. The van der Waals surface area contributed by atoms with E-state index in [1.54, 1.807) is 4.90 Å². The van der Waals surface area contributed by atoms with Crippen molar-refractivity contribution in [1.82, 2.24) is 9.88 Å². The van der Waals surface area contributed by atoms with Gasteiger partial charge in [0.2, 0.25) is 0 Å². The Bertz CT molecular complexity index is 530. The molecule has 0 saturated carbocycles. The second-order valence-electron chi connectivity index (χ2n) is 5.10. The van der Waals surface area contributed by atoms with Gasteiger partial charge in [-0.1, -0.05) is 0 Å². The van der Waals surface area contributed by atoms with E-state index in [1.165, 1.54) is 0 Å². The zero-order chi connectivity index (χ0) is 14.7. The van der Waals surface area contributed by atoms with Crippen LogP contribution in [0.25, 0.3) is 0 Å². The van der Waals surface area contributed by atoms with E-state index in [0.717, 1.165) is 24.2 Å². The largest absolute Gasteiger partial charge is 0.481 e. The lowest BCUT2D eigenvalue weighted by molar-refractivity contribution is -0.137. The molecule has 1 saturated heterocycles. The van der Waals surface area contributed by atoms with Crippen LogP contribution in [0.15, 0.2) is 12.1 Å². The number of hydrogen-bond acceptors (Lipinski definition) is 3. The molecule has 2 rings (SSSR count). The van der Waals surface area contributed by atoms with Crippen LogP contribution in [0.3, 0.4) is 0 Å². The molecule has 1 atom stereocenters. The van der Waals surface area contributed by atoms with Gasteiger partial charge in [0.25, 0.3) is 0 Å². The van der Waals surface area contributed by atoms with E-state index in [4.69, 9.17) is 5.11 Å². The third-order valence-electron chi connectivity index (χ3n) is 3.51. The number of aliphatic carboxylic acids is 1. The number of nitrogens with zero attached hydrogens (tertiary/aromatic N) is 2. The summed E-state index contributed by atoms with van der Waals surface area (Å²) < 4.78 is 0. The summed E-state index contributed by atoms with van der Waals surface area (Å²) in [4.78, 5) is 28.9. The second-order valence-corrected chi connectivity index (χ2v) is 5.10. The Labute approximate surface area is 117 Å². The van der Waals surface area contributed by atoms with Crippen molar-refractivity contribution in [3.8, 4) is 0 Å². The Hall–Kier alpha value is -2.11. The van der Waals surface area contributed by atoms with Crippen LogP contribution in [-0.2, 0) is 4.79 Å². The topological polar surface area (TPSA) is 82.5 Å². The van der Waals surface area contributed by atoms with Gasteiger partial charge in [0, 0.05) is 18.3 Å². The van der Waals surface area contributed by atoms with Gasteiger partial charge < -0.3 is 15.3 Å². The molecule has 0 radical (unpaired) electrons. The maximum Gasteiger partial charge on any atom is 0.322 e. The van der Waals surface area contributed by atoms with Crippen molar-refractivity contribution in [3.63, 3.8) is 0 Å². The summed E-state index contributed by atoms with van der Waals surface area (Å²) in [6, 6.07) is 3.19. The molecule has 1 fully saturated rings. The highest BCUT2D eigenvalue weighted by Gasteiger charge is 2.30. The first-order valence-corrected chi connectivity index (χ1v) is 6.71. The van der Waals surface area contributed by atoms with Crippen molar-refractivity contribution < 1.29 is 14.7 Å². The number of aryl methyl sites for hydroxylation is 2. The van der Waals surface area contributed by atoms with Gasteiger partial charge in [-0.3, -0.25) is 9.78 Å². The van der Waals surface area contributed by atoms with Gasteiger partial charge in [-0.05, 0) is 38.8 Å². The van der Waals surface area contributed by atoms with E-state index < -0.39 is 5.97 Å². The van der Waals surface area contributed by atoms with Crippen molar-refractivity contribution >= 4 is 17.7 Å². The van der Waals surface area contributed by atoms with Crippen molar-refractivity contribution in [2.45, 2.75) is 39.2 Å². The Kier molecular flexibility index (Phi) is 4.22. The van der Waals surface area contributed by atoms with Gasteiger partial charge in [-0.25, -0.2) is 4.79 Å². The maximum absolute atomic E-state index is 12.2. The van der Waals surface area contributed by atoms with E-state index in [-0.39, 0.29) is 18.5 Å². The van der Waals surface area contributed by atoms with E-state index >= 15 is 0 Å². The smallest absolute Gasteiger partial charge is 0.322 e. The number of nitrogens with one attached hydrogen (secondary N) is 1. The summed E-state index contributed by atoms with van der Waals surface area (Å²) in [6.07, 6.45) is 1.58. The molecule has 0 aromatic carbocycles. The summed E-state index contributed by atoms with van der Waals surface area (Å²) in [5.74, 6) is -0.872. The first-order chi connectivity index (χ1) is 9.47. The minimum Gasteiger partial charge on any atom is -0.481 e. The van der Waals surface area contributed by atoms with E-state index in [9.17, 15) is 9.59 Å². The number of likely N-dealkylation sites (tertiary alicyclic amines) is 1. The summed E-state index contributed by atoms with van der Waals surface area (Å²) >= 11 is 0. The first kappa shape index (κ1) is 14.3. The molecule has 1 aliphatic heterocycles. The number of anilines is 1. The van der Waals surface area contributed by atoms with Crippen molar-refractivity contribution in [2.75, 3.05) is 11.9 Å². The Morgan fingerprint density at radius 3 is 2.85 bits per heavy atom. The molecule has 1 aromatic rings. The van der Waals surface area contributed by atoms with Crippen LogP contribution in [0.5, 0.6) is 0 Å². The number of amides is 2. The van der Waals surface area contributed by atoms with Gasteiger partial charge in [-0.2, -0.15) is 0 Å². The molecule has 6 heteroatoms. The van der Waals surface area contributed by atoms with Crippen LogP contribution in [0.2, 0.25) is 0 Å². The molecular weight excluding hydrogens is 258 g/mol. The minimum absolute atomic E-state index is 0.00144. The van der Waals surface area contributed by atoms with Gasteiger partial charge in [0.1, 0.15) is 0 Å². The molecule has 2 heterocycles. The molecule has 2 N–H and O–H groups in total. The van der Waals surface area contributed by atoms with E-state index in [0.29, 0.717) is 12.2 Å². The van der Waals surface area contributed by atoms with Gasteiger partial charge in [-0.15, -0.1) is 0 Å². The fourth-order valence-corrected chi connectivity index (χ4v) is 2.52. The zero-order valence-electron chi connectivity index (χ0n) is 11.7. The number of carboxylic acids is 1. The summed E-state index contributed by atoms with van der Waals surface area (Å²) in [5, 5.41) is 11.7. The van der Waals surface area contributed by atoms with Crippen molar-refractivity contribution in [3.05, 3.63) is 23.5 Å². The molecule has 1 aromatic heterocycles. The normalized spacial score (nSPS) is 18.1. The highest BCUT2D eigenvalue weighted by molar-refractivity contribution is 5.90. The van der Waals surface area contributed by atoms with Gasteiger partial charge in [0.15, 0.2) is 0 Å². The zero-order valence-corrected chi connectivity index (χ0v) is 11.7. The number of carbonyl (C=O) groups excluding carboxylic acids is 1. The molecule has 1 unspecified atom stereocenters. The lowest BCUT2D eigenvalue weighted by Crippen LogP contribution is -2.39. The molecule has 6 nitrogen and oxygen atoms in total. The van der Waals surface area contributed by atoms with Crippen LogP contribution in [0.1, 0.15) is 30.7 Å². The highest BCUT2D eigenvalue weighted by atomic mass is 16.4. The third kappa shape index (κ3) is 3.26. The number of carboxylic acid groups (broad SMARTS) is 1. The predicted octanol–water partition coefficient (Wildman–Crippen LogP) is 2.17. The minimum atomic E-state index is -0.872. The fraction of sp³-hybridized carbons (Fsp3) is 0.500. The average Bonchev–Trinajstić information content (AvgIpc) is 2.80. The standard InChI is InChI=1S/C14H19N3O3/c1-9-5-6-12(10(2)15-9)16-14(20)17-7-3-4-11(17)8-13(18)19/h5-6,11H,3-4,7-8H2,1-2H3,(H,16,20)(H,18,19). The van der Waals surface area contributed by atoms with Crippen molar-refractivity contribution in [1.29, 1.82) is 0 Å². The predicted molar refractivity (Wildman–Crippen MR) is 74.7 cm³/mol. The van der Waals surface area contributed by atoms with Crippen LogP contribution in [0.4, 0.5) is 10.5 Å². The monoisotopic (exact) mass is 277 g/mol. The van der Waals surface area contributed by atoms with Crippen molar-refractivity contribution in [2.24, 2.45) is 0 Å². The molecule has 0 bridgehead atoms. The maximum atomic E-state index is 12.2. The third-order valence-corrected chi connectivity index (χ3v) is 3.51. The summed E-state index contributed by atoms with van der Waals surface area (Å²) in [5.41, 5.74) is 2.32. The summed E-state index contributed by atoms with van der Waals surface area (Å²) in [6.45, 7) is 4.32. The van der Waals surface area contributed by atoms with Crippen LogP contribution in [0, 0.1) is 13.8 Å². The molecule has 2 amide bonds. The van der Waals surface area contributed by atoms with Crippen LogP contribution in [-0.4, -0.2) is 39.6 Å². The summed E-state index contributed by atoms with van der Waals surface area (Å²) in [7, 11) is 0. The number of aromatic nitrogens is 1. The van der Waals surface area contributed by atoms with Gasteiger partial charge in [0.05, 0.1) is 17.8 Å². The fourth-order valence-electron chi connectivity index (χ4n) is 2.52. The number of rotatable bonds is 3. The number of pyridine rings is 1. The highest BCUT2D eigenvalue weighted by Crippen LogP contribution is 2.22. The van der Waals surface area contributed by atoms with Gasteiger partial charge >= 0.3 is 12.0 Å². The van der Waals surface area contributed by atoms with E-state index in [2.05, 4.69) is 10.3 Å². The van der Waals surface area contributed by atoms with Crippen LogP contribution >= 0.6 is 0 Å². The second kappa shape index (κ2) is 5.90. The number of urea groups is 1. The first-order valence-electron chi connectivity index (χ1n) is 6.71. The van der Waals surface area contributed by atoms with E-state index in [1.807, 2.05) is 26.0 Å². The molecule has 0 aliphatic carbocycles. The Morgan fingerprint density at radius 2 is 2.20 bits per heavy atom. The lowest BCUT2D eigenvalue weighted by atomic mass is 10.1.